The Morgan fingerprint density at radius 3 is 0.563 bits per heavy atom. The van der Waals surface area contributed by atoms with Gasteiger partial charge in [-0.15, -0.1) is 10.1 Å². The molecule has 0 aromatic rings. The Balaban J connectivity index is 0.000000398. The van der Waals surface area contributed by atoms with Gasteiger partial charge in [0.1, 0.15) is 171 Å². The Hall–Kier alpha value is -4.18. The minimum Gasteiger partial charge on any atom is -0.394 e. The maximum Gasteiger partial charge on any atom is 0.333 e. The van der Waals surface area contributed by atoms with Crippen LogP contribution in [-0.4, -0.2) is 414 Å². The first kappa shape index (κ1) is 82.9. The van der Waals surface area contributed by atoms with Crippen molar-refractivity contribution in [3.05, 3.63) is 0 Å². The molecule has 21 N–H and O–H groups in total. The van der Waals surface area contributed by atoms with Crippen molar-refractivity contribution in [2.24, 2.45) is 0 Å². The van der Waals surface area contributed by atoms with E-state index in [4.69, 9.17) is 76.0 Å². The van der Waals surface area contributed by atoms with Crippen LogP contribution >= 0.6 is 0 Å². The molecule has 0 aromatic carbocycles. The molecule has 0 aromatic heterocycles. The number of ether oxygens (including phenoxy) is 14. The van der Waals surface area contributed by atoms with Crippen LogP contribution in [0.15, 0.2) is 0 Å². The van der Waals surface area contributed by atoms with Gasteiger partial charge < -0.3 is 183 Å². The van der Waals surface area contributed by atoms with Gasteiger partial charge in [0.2, 0.25) is 0 Å². The monoisotopic (exact) mass is 1500 g/mol. The highest BCUT2D eigenvalue weighted by atomic mass is 16.8. The van der Waals surface area contributed by atoms with Gasteiger partial charge in [-0.2, -0.15) is 0 Å². The quantitative estimate of drug-likeness (QED) is 0.0504. The molecule has 4 amide bonds. The first-order chi connectivity index (χ1) is 49.0. The van der Waals surface area contributed by atoms with Gasteiger partial charge >= 0.3 is 11.9 Å². The Kier molecular flexibility index (Phi) is 29.6. The first-order valence-corrected chi connectivity index (χ1v) is 33.1. The number of aliphatic hydroxyl groups is 21. The summed E-state index contributed by atoms with van der Waals surface area (Å²) < 4.78 is 79.5. The molecule has 0 spiro atoms. The zero-order chi connectivity index (χ0) is 75.2. The topological polar surface area (TPSA) is 681 Å². The number of rotatable bonds is 16. The second kappa shape index (κ2) is 36.8. The molecule has 45 heteroatoms. The summed E-state index contributed by atoms with van der Waals surface area (Å²) in [4.78, 5) is 77.8. The number of hydrogen-bond donors (Lipinski definition) is 21. The van der Waals surface area contributed by atoms with Crippen LogP contribution in [0.3, 0.4) is 0 Å². The highest BCUT2D eigenvalue weighted by Crippen LogP contribution is 2.39. The second-order valence-corrected chi connectivity index (χ2v) is 25.7. The zero-order valence-corrected chi connectivity index (χ0v) is 54.5. The number of carbonyl (C=O) groups is 6. The largest absolute Gasteiger partial charge is 0.394 e. The number of unbranched alkanes of at least 4 members (excludes halogenated alkanes) is 3. The molecule has 23 fully saturated rings. The normalized spacial score (nSPS) is 45.7. The van der Waals surface area contributed by atoms with Gasteiger partial charge in [0.05, 0.1) is 46.2 Å². The lowest BCUT2D eigenvalue weighted by molar-refractivity contribution is -0.396. The van der Waals surface area contributed by atoms with Crippen molar-refractivity contribution in [1.29, 1.82) is 0 Å². The lowest BCUT2D eigenvalue weighted by Crippen LogP contribution is -2.68. The zero-order valence-electron chi connectivity index (χ0n) is 54.5. The fourth-order valence-corrected chi connectivity index (χ4v) is 12.9. The third kappa shape index (κ3) is 18.4. The Morgan fingerprint density at radius 2 is 0.417 bits per heavy atom. The van der Waals surface area contributed by atoms with Crippen LogP contribution in [0.1, 0.15) is 64.2 Å². The molecule has 590 valence electrons. The van der Waals surface area contributed by atoms with Crippen LogP contribution in [0.4, 0.5) is 0 Å². The third-order valence-corrected chi connectivity index (χ3v) is 18.7. The summed E-state index contributed by atoms with van der Waals surface area (Å²) in [7, 11) is 0. The van der Waals surface area contributed by atoms with E-state index >= 15 is 0 Å². The smallest absolute Gasteiger partial charge is 0.333 e. The fourth-order valence-electron chi connectivity index (χ4n) is 12.9. The number of hydroxylamine groups is 4. The number of hydrogen-bond acceptors (Lipinski definition) is 43. The number of carbonyl (C=O) groups excluding carboxylic acids is 6. The van der Waals surface area contributed by atoms with Crippen LogP contribution in [0.5, 0.6) is 0 Å². The van der Waals surface area contributed by atoms with Crippen molar-refractivity contribution in [3.8, 4) is 0 Å². The van der Waals surface area contributed by atoms with Crippen molar-refractivity contribution in [1.82, 2.24) is 10.1 Å². The van der Waals surface area contributed by atoms with E-state index in [1.807, 2.05) is 0 Å². The van der Waals surface area contributed by atoms with Crippen LogP contribution in [0.25, 0.3) is 0 Å². The maximum atomic E-state index is 11.6. The Morgan fingerprint density at radius 1 is 0.262 bits per heavy atom. The lowest BCUT2D eigenvalue weighted by atomic mass is 9.95. The van der Waals surface area contributed by atoms with Gasteiger partial charge in [0, 0.05) is 38.5 Å². The minimum absolute atomic E-state index is 0.0524. The number of imide groups is 2. The van der Waals surface area contributed by atoms with E-state index in [9.17, 15) is 136 Å². The molecule has 0 unspecified atom stereocenters. The van der Waals surface area contributed by atoms with Crippen LogP contribution in [-0.2, 0) is 105 Å². The minimum atomic E-state index is -2.21. The third-order valence-electron chi connectivity index (χ3n) is 18.7. The van der Waals surface area contributed by atoms with Crippen molar-refractivity contribution in [3.63, 3.8) is 0 Å². The van der Waals surface area contributed by atoms with Gasteiger partial charge in [0.25, 0.3) is 23.6 Å². The van der Waals surface area contributed by atoms with Crippen LogP contribution in [0, 0.1) is 0 Å². The number of amides is 4. The van der Waals surface area contributed by atoms with Crippen molar-refractivity contribution >= 4 is 35.6 Å². The van der Waals surface area contributed by atoms with Gasteiger partial charge in [-0.05, 0) is 12.8 Å². The number of aliphatic hydroxyl groups excluding tert-OH is 21. The molecule has 0 radical (unpaired) electrons. The summed E-state index contributed by atoms with van der Waals surface area (Å²) in [6.45, 7) is -7.33. The highest BCUT2D eigenvalue weighted by Gasteiger charge is 2.60. The fraction of sp³-hybridized carbons (Fsp3) is 0.897. The summed E-state index contributed by atoms with van der Waals surface area (Å²) in [5.74, 6) is -3.37. The van der Waals surface area contributed by atoms with Crippen molar-refractivity contribution in [2.45, 2.75) is 279 Å². The molecular weight excluding hydrogens is 1410 g/mol. The van der Waals surface area contributed by atoms with Gasteiger partial charge in [-0.25, -0.2) is 9.59 Å². The van der Waals surface area contributed by atoms with Crippen LogP contribution < -0.4 is 0 Å². The van der Waals surface area contributed by atoms with E-state index in [1.54, 1.807) is 0 Å². The average Bonchev–Trinajstić information content (AvgIpc) is 1.53. The van der Waals surface area contributed by atoms with Gasteiger partial charge in [-0.3, -0.25) is 19.2 Å². The molecule has 35 atom stereocenters. The predicted octanol–water partition coefficient (Wildman–Crippen LogP) is -14.7. The van der Waals surface area contributed by atoms with E-state index < -0.39 is 297 Å². The molecule has 0 saturated carbocycles. The standard InChI is InChI=1S/C42H70O35.C16H20N2O8/c43-1-8-29-15(50)22(57)36(64-8)72-30-9(2-44)66-38(24(59)17(30)52)74-32-11(4-46)68-40(26(61)19(32)54)76-34-13(6-48)70-42(28(63)21(34)56)77-35-14(7-49)69-41(27(62)20(35)55)75-33-12(5-47)67-39(25(60)18(33)53)73-31-10(3-45)65-37(71-29)23(58)16(31)51;19-11-7-8-12(20)17(11)25-15(23)5-3-1-2-4-6-16(24)26-18-13(21)9-10-14(18)22/h8-63H,1-7H2;1-10H2/t8-,9-,10-,11-,12-,13-,14-,15-,16-,17-,18-,19-,20-,21-,22-,23-,24-,25-,26-,27-,28-,29-,30-,31-,32-,33-,34-,35-,36-,37-,38-,39-,40-,41-,42-;/m1./s1. The molecule has 23 aliphatic rings. The summed E-state index contributed by atoms with van der Waals surface area (Å²) in [5, 5.41) is 231. The molecule has 23 heterocycles. The molecule has 45 nitrogen and oxygen atoms in total. The van der Waals surface area contributed by atoms with E-state index in [0.717, 1.165) is 0 Å². The Labute approximate surface area is 581 Å². The summed E-state index contributed by atoms with van der Waals surface area (Å²) >= 11 is 0. The molecular formula is C58H90N2O43. The predicted molar refractivity (Wildman–Crippen MR) is 310 cm³/mol. The van der Waals surface area contributed by atoms with Gasteiger partial charge in [-0.1, -0.05) is 12.8 Å². The lowest BCUT2D eigenvalue weighted by Gasteiger charge is -2.50. The summed E-state index contributed by atoms with van der Waals surface area (Å²) in [5.41, 5.74) is 0. The van der Waals surface area contributed by atoms with E-state index in [2.05, 4.69) is 0 Å². The maximum absolute atomic E-state index is 11.6. The molecule has 14 bridgehead atoms. The highest BCUT2D eigenvalue weighted by molar-refractivity contribution is 6.02. The van der Waals surface area contributed by atoms with Gasteiger partial charge in [0.15, 0.2) is 44.0 Å². The molecule has 103 heavy (non-hydrogen) atoms. The average molecular weight is 1500 g/mol. The second-order valence-electron chi connectivity index (χ2n) is 25.7. The SMILES string of the molecule is O=C(CCCCCCC(=O)ON1C(=O)CCC1=O)ON1C(=O)CCC1=O.OC[C@H]1O[C@@H]2O[C@H]3[C@H](O)[C@@H](O)[C@@H](O[C@H]4[C@H](O)[C@@H](O)[C@@H](O[C@H]5[C@H](O)[C@@H](O)[C@@H](O[C@H]6[C@H](O)[C@@H](O)[C@@H](O[C@H]7[C@H](O)[C@@H](O)[C@@H](O[C@H]8[C@H](O)[C@@H](O)[C@@H](O[C@H]1[C@H](O)[C@H]2O)O[C@@H]8CO)O[C@@H]7CO)O[C@@H]6CO)O[C@@H]5CO)O[C@@H]4CO)O[C@@H]3CO. The molecule has 0 aliphatic carbocycles. The summed E-state index contributed by atoms with van der Waals surface area (Å²) in [6, 6.07) is 0. The summed E-state index contributed by atoms with van der Waals surface area (Å²) in [6.07, 6.45) is -67.7. The van der Waals surface area contributed by atoms with E-state index in [-0.39, 0.29) is 38.5 Å². The number of nitrogens with zero attached hydrogens (tertiary/aromatic N) is 2. The molecule has 23 rings (SSSR count). The Bertz CT molecular complexity index is 2330. The van der Waals surface area contributed by atoms with E-state index in [0.29, 0.717) is 35.8 Å². The van der Waals surface area contributed by atoms with Crippen molar-refractivity contribution in [2.75, 3.05) is 46.2 Å². The van der Waals surface area contributed by atoms with Crippen molar-refractivity contribution < 1.29 is 212 Å². The van der Waals surface area contributed by atoms with E-state index in [1.165, 1.54) is 0 Å². The molecule has 23 aliphatic heterocycles. The van der Waals surface area contributed by atoms with Crippen LogP contribution in [0.2, 0.25) is 0 Å². The first-order valence-electron chi connectivity index (χ1n) is 33.1. The molecule has 23 saturated heterocycles.